The fourth-order valence-corrected chi connectivity index (χ4v) is 4.65. The number of carbonyl (C=O) groups excluding carboxylic acids is 1. The van der Waals surface area contributed by atoms with Gasteiger partial charge in [0.05, 0.1) is 10.6 Å². The first kappa shape index (κ1) is 14.1. The van der Waals surface area contributed by atoms with Crippen molar-refractivity contribution in [2.75, 3.05) is 18.0 Å². The Kier molecular flexibility index (Phi) is 3.85. The van der Waals surface area contributed by atoms with Crippen LogP contribution in [0.4, 0.5) is 5.13 Å². The summed E-state index contributed by atoms with van der Waals surface area (Å²) in [5.41, 5.74) is 1.60. The van der Waals surface area contributed by atoms with E-state index in [1.807, 2.05) is 0 Å². The number of thiazole rings is 1. The number of fused-ring (bicyclic) bond motifs is 1. The molecule has 3 rings (SSSR count). The first-order valence-electron chi connectivity index (χ1n) is 7.95. The van der Waals surface area contributed by atoms with Crippen LogP contribution in [-0.2, 0) is 6.42 Å². The second-order valence-electron chi connectivity index (χ2n) is 6.24. The molecule has 3 nitrogen and oxygen atoms in total. The maximum Gasteiger partial charge on any atom is 0.186 e. The lowest BCUT2D eigenvalue weighted by Gasteiger charge is -2.40. The number of nitrogens with zero attached hydrogens (tertiary/aromatic N) is 2. The molecule has 4 heteroatoms. The van der Waals surface area contributed by atoms with Gasteiger partial charge in [-0.1, -0.05) is 38.0 Å². The molecule has 1 aliphatic heterocycles. The van der Waals surface area contributed by atoms with Gasteiger partial charge in [-0.3, -0.25) is 4.79 Å². The third kappa shape index (κ3) is 2.39. The molecule has 0 aromatic carbocycles. The molecule has 0 bridgehead atoms. The van der Waals surface area contributed by atoms with E-state index in [9.17, 15) is 4.79 Å². The summed E-state index contributed by atoms with van der Waals surface area (Å²) in [6.45, 7) is 6.84. The zero-order valence-corrected chi connectivity index (χ0v) is 13.4. The Morgan fingerprint density at radius 1 is 1.20 bits per heavy atom. The second kappa shape index (κ2) is 5.47. The topological polar surface area (TPSA) is 33.2 Å². The predicted octanol–water partition coefficient (Wildman–Crippen LogP) is 4.07. The zero-order chi connectivity index (χ0) is 14.2. The average molecular weight is 292 g/mol. The van der Waals surface area contributed by atoms with E-state index in [0.717, 1.165) is 41.6 Å². The molecule has 0 spiro atoms. The monoisotopic (exact) mass is 292 g/mol. The molecule has 110 valence electrons. The van der Waals surface area contributed by atoms with Gasteiger partial charge in [0.15, 0.2) is 10.9 Å². The molecule has 1 aromatic heterocycles. The van der Waals surface area contributed by atoms with Gasteiger partial charge in [-0.05, 0) is 31.1 Å². The Hall–Kier alpha value is -0.900. The Bertz CT molecular complexity index is 495. The van der Waals surface area contributed by atoms with Gasteiger partial charge in [0.25, 0.3) is 0 Å². The molecule has 1 fully saturated rings. The van der Waals surface area contributed by atoms with Crippen molar-refractivity contribution in [1.82, 2.24) is 4.98 Å². The van der Waals surface area contributed by atoms with Crippen molar-refractivity contribution in [2.24, 2.45) is 5.41 Å². The summed E-state index contributed by atoms with van der Waals surface area (Å²) in [5.74, 6) is 0.309. The number of piperidine rings is 1. The smallest absolute Gasteiger partial charge is 0.186 e. The van der Waals surface area contributed by atoms with E-state index in [1.165, 1.54) is 25.7 Å². The van der Waals surface area contributed by atoms with Crippen molar-refractivity contribution < 1.29 is 4.79 Å². The van der Waals surface area contributed by atoms with Crippen LogP contribution in [-0.4, -0.2) is 23.9 Å². The van der Waals surface area contributed by atoms with Gasteiger partial charge in [-0.15, -0.1) is 0 Å². The van der Waals surface area contributed by atoms with Crippen LogP contribution in [0.3, 0.4) is 0 Å². The second-order valence-corrected chi connectivity index (χ2v) is 7.22. The van der Waals surface area contributed by atoms with Gasteiger partial charge < -0.3 is 4.90 Å². The third-order valence-corrected chi connectivity index (χ3v) is 6.55. The number of rotatable bonds is 3. The fourth-order valence-electron chi connectivity index (χ4n) is 3.52. The van der Waals surface area contributed by atoms with Crippen LogP contribution < -0.4 is 4.90 Å². The number of ketones is 1. The molecule has 20 heavy (non-hydrogen) atoms. The fraction of sp³-hybridized carbons (Fsp3) is 0.750. The van der Waals surface area contributed by atoms with Crippen molar-refractivity contribution in [3.63, 3.8) is 0 Å². The average Bonchev–Trinajstić information content (AvgIpc) is 2.93. The van der Waals surface area contributed by atoms with Crippen LogP contribution in [0.25, 0.3) is 0 Å². The molecule has 1 aliphatic carbocycles. The molecule has 0 N–H and O–H groups in total. The maximum absolute atomic E-state index is 11.9. The van der Waals surface area contributed by atoms with Crippen LogP contribution in [0.1, 0.15) is 67.7 Å². The summed E-state index contributed by atoms with van der Waals surface area (Å²) < 4.78 is 0. The Morgan fingerprint density at radius 2 is 1.90 bits per heavy atom. The summed E-state index contributed by atoms with van der Waals surface area (Å²) in [6, 6.07) is 0. The number of Topliss-reactive ketones (excluding diaryl/α,β-unsaturated/α-hetero) is 1. The van der Waals surface area contributed by atoms with Crippen molar-refractivity contribution in [3.05, 3.63) is 10.6 Å². The highest BCUT2D eigenvalue weighted by Crippen LogP contribution is 2.40. The molecule has 0 amide bonds. The van der Waals surface area contributed by atoms with Crippen molar-refractivity contribution in [2.45, 2.75) is 58.8 Å². The molecule has 0 radical (unpaired) electrons. The van der Waals surface area contributed by atoms with Gasteiger partial charge in [0.2, 0.25) is 0 Å². The number of hydrogen-bond acceptors (Lipinski definition) is 4. The molecule has 2 aliphatic rings. The van der Waals surface area contributed by atoms with Crippen LogP contribution in [0.5, 0.6) is 0 Å². The highest BCUT2D eigenvalue weighted by atomic mass is 32.1. The largest absolute Gasteiger partial charge is 0.348 e. The first-order chi connectivity index (χ1) is 9.67. The first-order valence-corrected chi connectivity index (χ1v) is 8.77. The molecule has 0 atom stereocenters. The van der Waals surface area contributed by atoms with Gasteiger partial charge in [-0.25, -0.2) is 4.98 Å². The Labute approximate surface area is 125 Å². The molecule has 2 heterocycles. The normalized spacial score (nSPS) is 21.9. The van der Waals surface area contributed by atoms with Crippen LogP contribution in [0, 0.1) is 5.41 Å². The number of anilines is 1. The predicted molar refractivity (Wildman–Crippen MR) is 83.8 cm³/mol. The summed E-state index contributed by atoms with van der Waals surface area (Å²) >= 11 is 1.63. The lowest BCUT2D eigenvalue weighted by Crippen LogP contribution is -2.39. The minimum atomic E-state index is 0.309. The SMILES string of the molecule is CCC1(CC)CCN(c2nc3c(s2)C(=O)CCC3)CC1. The van der Waals surface area contributed by atoms with Crippen LogP contribution in [0.2, 0.25) is 0 Å². The summed E-state index contributed by atoms with van der Waals surface area (Å²) in [5, 5.41) is 1.09. The van der Waals surface area contributed by atoms with Gasteiger partial charge >= 0.3 is 0 Å². The van der Waals surface area contributed by atoms with E-state index in [-0.39, 0.29) is 0 Å². The van der Waals surface area contributed by atoms with Crippen molar-refractivity contribution in [3.8, 4) is 0 Å². The standard InChI is InChI=1S/C16H24N2OS/c1-3-16(4-2)8-10-18(11-9-16)15-17-12-6-5-7-13(19)14(12)20-15/h3-11H2,1-2H3. The van der Waals surface area contributed by atoms with Gasteiger partial charge in [0.1, 0.15) is 0 Å². The highest BCUT2D eigenvalue weighted by molar-refractivity contribution is 7.17. The minimum Gasteiger partial charge on any atom is -0.348 e. The van der Waals surface area contributed by atoms with E-state index in [4.69, 9.17) is 4.98 Å². The third-order valence-electron chi connectivity index (χ3n) is 5.35. The maximum atomic E-state index is 11.9. The summed E-state index contributed by atoms with van der Waals surface area (Å²) in [7, 11) is 0. The molecule has 1 saturated heterocycles. The number of carbonyl (C=O) groups is 1. The lowest BCUT2D eigenvalue weighted by molar-refractivity contribution is 0.0976. The van der Waals surface area contributed by atoms with Crippen LogP contribution in [0.15, 0.2) is 0 Å². The minimum absolute atomic E-state index is 0.309. The molecule has 0 unspecified atom stereocenters. The van der Waals surface area contributed by atoms with Crippen LogP contribution >= 0.6 is 11.3 Å². The molecule has 1 aromatic rings. The van der Waals surface area contributed by atoms with Gasteiger partial charge in [0, 0.05) is 19.5 Å². The zero-order valence-electron chi connectivity index (χ0n) is 12.6. The van der Waals surface area contributed by atoms with Crippen molar-refractivity contribution >= 4 is 22.3 Å². The Balaban J connectivity index is 1.74. The van der Waals surface area contributed by atoms with E-state index < -0.39 is 0 Å². The highest BCUT2D eigenvalue weighted by Gasteiger charge is 2.33. The summed E-state index contributed by atoms with van der Waals surface area (Å²) in [4.78, 5) is 20.0. The van der Waals surface area contributed by atoms with E-state index in [2.05, 4.69) is 18.7 Å². The van der Waals surface area contributed by atoms with E-state index in [1.54, 1.807) is 11.3 Å². The Morgan fingerprint density at radius 3 is 2.50 bits per heavy atom. The van der Waals surface area contributed by atoms with E-state index >= 15 is 0 Å². The number of hydrogen-bond donors (Lipinski definition) is 0. The number of aryl methyl sites for hydroxylation is 1. The lowest BCUT2D eigenvalue weighted by atomic mass is 9.74. The summed E-state index contributed by atoms with van der Waals surface area (Å²) in [6.07, 6.45) is 7.76. The molecular weight excluding hydrogens is 268 g/mol. The molecular formula is C16H24N2OS. The molecule has 0 saturated carbocycles. The quantitative estimate of drug-likeness (QED) is 0.842. The van der Waals surface area contributed by atoms with Gasteiger partial charge in [-0.2, -0.15) is 0 Å². The number of aromatic nitrogens is 1. The van der Waals surface area contributed by atoms with E-state index in [0.29, 0.717) is 17.6 Å². The van der Waals surface area contributed by atoms with Crippen molar-refractivity contribution in [1.29, 1.82) is 0 Å².